The normalized spacial score (nSPS) is 15.4. The number of hydrogen-bond donors (Lipinski definition) is 1. The van der Waals surface area contributed by atoms with Gasteiger partial charge in [0.25, 0.3) is 0 Å². The summed E-state index contributed by atoms with van der Waals surface area (Å²) >= 11 is 0. The monoisotopic (exact) mass is 203 g/mol. The Balaban J connectivity index is 2.12. The molecule has 0 saturated heterocycles. The predicted molar refractivity (Wildman–Crippen MR) is 65.1 cm³/mol. The lowest BCUT2D eigenvalue weighted by molar-refractivity contribution is 0.423. The summed E-state index contributed by atoms with van der Waals surface area (Å²) in [5, 5.41) is 3.57. The minimum atomic E-state index is 0.210. The maximum Gasteiger partial charge on any atom is 0.0213 e. The highest BCUT2D eigenvalue weighted by Crippen LogP contribution is 2.25. The lowest BCUT2D eigenvalue weighted by Gasteiger charge is -2.21. The number of fused-ring (bicyclic) bond motifs is 1. The average molecular weight is 203 g/mol. The molecule has 1 aliphatic carbocycles. The zero-order chi connectivity index (χ0) is 10.9. The van der Waals surface area contributed by atoms with Gasteiger partial charge in [-0.25, -0.2) is 0 Å². The molecule has 0 saturated carbocycles. The maximum atomic E-state index is 3.57. The van der Waals surface area contributed by atoms with E-state index in [1.54, 1.807) is 11.1 Å². The molecular weight excluding hydrogens is 182 g/mol. The summed E-state index contributed by atoms with van der Waals surface area (Å²) in [6.07, 6.45) is 3.89. The predicted octanol–water partition coefficient (Wildman–Crippen LogP) is 3.06. The van der Waals surface area contributed by atoms with Crippen molar-refractivity contribution in [3.63, 3.8) is 0 Å². The first kappa shape index (κ1) is 10.7. The second kappa shape index (κ2) is 3.97. The lowest BCUT2D eigenvalue weighted by atomic mass is 10.0. The molecule has 2 rings (SSSR count). The van der Waals surface area contributed by atoms with Gasteiger partial charge in [-0.05, 0) is 56.7 Å². The molecule has 0 aromatic heterocycles. The van der Waals surface area contributed by atoms with Gasteiger partial charge in [0.15, 0.2) is 0 Å². The number of rotatable bonds is 2. The summed E-state index contributed by atoms with van der Waals surface area (Å²) in [7, 11) is 0. The molecule has 0 aliphatic heterocycles. The van der Waals surface area contributed by atoms with Crippen LogP contribution in [0.3, 0.4) is 0 Å². The molecule has 0 bridgehead atoms. The number of hydrogen-bond acceptors (Lipinski definition) is 1. The standard InChI is InChI=1S/C14H21N/c1-14(2,3)15-10-12-8-4-6-11-7-5-9-13(11)12/h4,6,8,15H,5,7,9-10H2,1-3H3. The van der Waals surface area contributed by atoms with E-state index >= 15 is 0 Å². The molecule has 1 aromatic carbocycles. The minimum absolute atomic E-state index is 0.210. The van der Waals surface area contributed by atoms with Crippen molar-refractivity contribution in [2.24, 2.45) is 0 Å². The third-order valence-electron chi connectivity index (χ3n) is 3.05. The van der Waals surface area contributed by atoms with Gasteiger partial charge in [-0.2, -0.15) is 0 Å². The summed E-state index contributed by atoms with van der Waals surface area (Å²) in [6, 6.07) is 6.75. The summed E-state index contributed by atoms with van der Waals surface area (Å²) in [5.74, 6) is 0. The van der Waals surface area contributed by atoms with Crippen LogP contribution in [0.25, 0.3) is 0 Å². The highest BCUT2D eigenvalue weighted by Gasteiger charge is 2.15. The summed E-state index contributed by atoms with van der Waals surface area (Å²) in [4.78, 5) is 0. The highest BCUT2D eigenvalue weighted by atomic mass is 14.9. The fraction of sp³-hybridized carbons (Fsp3) is 0.571. The van der Waals surface area contributed by atoms with Crippen molar-refractivity contribution in [3.8, 4) is 0 Å². The van der Waals surface area contributed by atoms with E-state index in [0.29, 0.717) is 0 Å². The molecule has 1 N–H and O–H groups in total. The second-order valence-electron chi connectivity index (χ2n) is 5.51. The van der Waals surface area contributed by atoms with E-state index in [4.69, 9.17) is 0 Å². The summed E-state index contributed by atoms with van der Waals surface area (Å²) in [6.45, 7) is 7.66. The molecule has 1 nitrogen and oxygen atoms in total. The molecule has 0 fully saturated rings. The largest absolute Gasteiger partial charge is 0.308 e. The molecule has 1 aliphatic rings. The Morgan fingerprint density at radius 2 is 2.00 bits per heavy atom. The van der Waals surface area contributed by atoms with E-state index in [0.717, 1.165) is 6.54 Å². The van der Waals surface area contributed by atoms with Crippen molar-refractivity contribution < 1.29 is 0 Å². The van der Waals surface area contributed by atoms with Crippen LogP contribution < -0.4 is 5.32 Å². The van der Waals surface area contributed by atoms with Crippen molar-refractivity contribution in [1.82, 2.24) is 5.32 Å². The number of aryl methyl sites for hydroxylation is 1. The molecule has 0 unspecified atom stereocenters. The van der Waals surface area contributed by atoms with Crippen LogP contribution >= 0.6 is 0 Å². The smallest absolute Gasteiger partial charge is 0.0213 e. The van der Waals surface area contributed by atoms with Gasteiger partial charge >= 0.3 is 0 Å². The van der Waals surface area contributed by atoms with Gasteiger partial charge in [-0.3, -0.25) is 0 Å². The lowest BCUT2D eigenvalue weighted by Crippen LogP contribution is -2.35. The third-order valence-corrected chi connectivity index (χ3v) is 3.05. The van der Waals surface area contributed by atoms with E-state index in [9.17, 15) is 0 Å². The van der Waals surface area contributed by atoms with E-state index in [-0.39, 0.29) is 5.54 Å². The minimum Gasteiger partial charge on any atom is -0.308 e. The number of nitrogens with one attached hydrogen (secondary N) is 1. The second-order valence-corrected chi connectivity index (χ2v) is 5.51. The van der Waals surface area contributed by atoms with Crippen molar-refractivity contribution >= 4 is 0 Å². The Morgan fingerprint density at radius 1 is 1.20 bits per heavy atom. The van der Waals surface area contributed by atoms with Crippen LogP contribution in [0, 0.1) is 0 Å². The quantitative estimate of drug-likeness (QED) is 0.779. The molecular formula is C14H21N. The van der Waals surface area contributed by atoms with Crippen molar-refractivity contribution in [3.05, 3.63) is 34.9 Å². The Kier molecular flexibility index (Phi) is 2.83. The van der Waals surface area contributed by atoms with Gasteiger partial charge in [-0.15, -0.1) is 0 Å². The SMILES string of the molecule is CC(C)(C)NCc1cccc2c1CCC2. The molecule has 82 valence electrons. The first-order valence-corrected chi connectivity index (χ1v) is 5.91. The Labute approximate surface area is 92.9 Å². The van der Waals surface area contributed by atoms with E-state index in [2.05, 4.69) is 44.3 Å². The van der Waals surface area contributed by atoms with Crippen LogP contribution in [-0.4, -0.2) is 5.54 Å². The van der Waals surface area contributed by atoms with Crippen molar-refractivity contribution in [2.45, 2.75) is 52.1 Å². The molecule has 0 atom stereocenters. The van der Waals surface area contributed by atoms with Crippen molar-refractivity contribution in [1.29, 1.82) is 0 Å². The van der Waals surface area contributed by atoms with Gasteiger partial charge in [0.2, 0.25) is 0 Å². The fourth-order valence-electron chi connectivity index (χ4n) is 2.22. The first-order chi connectivity index (χ1) is 7.06. The van der Waals surface area contributed by atoms with Gasteiger partial charge in [0, 0.05) is 12.1 Å². The Hall–Kier alpha value is -0.820. The van der Waals surface area contributed by atoms with Crippen LogP contribution in [-0.2, 0) is 19.4 Å². The van der Waals surface area contributed by atoms with Crippen LogP contribution in [0.2, 0.25) is 0 Å². The van der Waals surface area contributed by atoms with Crippen LogP contribution in [0.15, 0.2) is 18.2 Å². The van der Waals surface area contributed by atoms with Crippen LogP contribution in [0.4, 0.5) is 0 Å². The van der Waals surface area contributed by atoms with Gasteiger partial charge in [0.1, 0.15) is 0 Å². The van der Waals surface area contributed by atoms with Gasteiger partial charge in [0.05, 0.1) is 0 Å². The molecule has 0 amide bonds. The van der Waals surface area contributed by atoms with E-state index in [1.807, 2.05) is 0 Å². The molecule has 0 radical (unpaired) electrons. The van der Waals surface area contributed by atoms with Gasteiger partial charge < -0.3 is 5.32 Å². The Morgan fingerprint density at radius 3 is 2.73 bits per heavy atom. The molecule has 0 heterocycles. The Bertz CT molecular complexity index is 347. The molecule has 15 heavy (non-hydrogen) atoms. The van der Waals surface area contributed by atoms with Crippen LogP contribution in [0.5, 0.6) is 0 Å². The van der Waals surface area contributed by atoms with E-state index in [1.165, 1.54) is 24.8 Å². The van der Waals surface area contributed by atoms with Crippen LogP contribution in [0.1, 0.15) is 43.9 Å². The summed E-state index contributed by atoms with van der Waals surface area (Å²) < 4.78 is 0. The molecule has 1 aromatic rings. The zero-order valence-corrected chi connectivity index (χ0v) is 10.1. The topological polar surface area (TPSA) is 12.0 Å². The maximum absolute atomic E-state index is 3.57. The van der Waals surface area contributed by atoms with Crippen molar-refractivity contribution in [2.75, 3.05) is 0 Å². The first-order valence-electron chi connectivity index (χ1n) is 5.91. The molecule has 1 heteroatoms. The zero-order valence-electron chi connectivity index (χ0n) is 10.1. The van der Waals surface area contributed by atoms with E-state index < -0.39 is 0 Å². The number of benzene rings is 1. The molecule has 0 spiro atoms. The summed E-state index contributed by atoms with van der Waals surface area (Å²) in [5.41, 5.74) is 4.89. The van der Waals surface area contributed by atoms with Gasteiger partial charge in [-0.1, -0.05) is 18.2 Å². The highest BCUT2D eigenvalue weighted by molar-refractivity contribution is 5.38. The fourth-order valence-corrected chi connectivity index (χ4v) is 2.22. The average Bonchev–Trinajstić information content (AvgIpc) is 2.61. The third kappa shape index (κ3) is 2.60.